The Kier molecular flexibility index (Phi) is 6.39. The Morgan fingerprint density at radius 3 is 2.00 bits per heavy atom. The summed E-state index contributed by atoms with van der Waals surface area (Å²) in [6, 6.07) is 23.9. The highest BCUT2D eigenvalue weighted by Gasteiger charge is 2.24. The second-order valence-electron chi connectivity index (χ2n) is 8.09. The summed E-state index contributed by atoms with van der Waals surface area (Å²) in [5.74, 6) is -0.259. The lowest BCUT2D eigenvalue weighted by Gasteiger charge is -2.21. The highest BCUT2D eigenvalue weighted by molar-refractivity contribution is 7.89. The van der Waals surface area contributed by atoms with E-state index in [0.29, 0.717) is 11.1 Å². The van der Waals surface area contributed by atoms with Crippen LogP contribution >= 0.6 is 0 Å². The Hall–Kier alpha value is -2.96. The van der Waals surface area contributed by atoms with Crippen LogP contribution in [0.1, 0.15) is 36.7 Å². The summed E-state index contributed by atoms with van der Waals surface area (Å²) < 4.78 is 28.1. The Morgan fingerprint density at radius 1 is 0.800 bits per heavy atom. The first kappa shape index (κ1) is 21.7. The van der Waals surface area contributed by atoms with E-state index in [1.807, 2.05) is 42.5 Å². The zero-order valence-corrected chi connectivity index (χ0v) is 18.2. The molecule has 0 fully saturated rings. The Balaban J connectivity index is 1.73. The summed E-state index contributed by atoms with van der Waals surface area (Å²) in [6.07, 6.45) is 0. The van der Waals surface area contributed by atoms with Gasteiger partial charge in [-0.05, 0) is 55.7 Å². The third-order valence-corrected chi connectivity index (χ3v) is 6.25. The van der Waals surface area contributed by atoms with E-state index in [4.69, 9.17) is 0 Å². The van der Waals surface area contributed by atoms with Gasteiger partial charge in [-0.1, -0.05) is 60.7 Å². The van der Waals surface area contributed by atoms with Gasteiger partial charge in [0.1, 0.15) is 0 Å². The molecule has 0 saturated heterocycles. The largest absolute Gasteiger partial charge is 0.348 e. The fourth-order valence-electron chi connectivity index (χ4n) is 3.09. The topological polar surface area (TPSA) is 75.3 Å². The summed E-state index contributed by atoms with van der Waals surface area (Å²) in [5, 5.41) is 2.82. The maximum atomic E-state index is 12.7. The fraction of sp³-hybridized carbons (Fsp3) is 0.208. The number of carbonyl (C=O) groups is 1. The molecule has 0 spiro atoms. The van der Waals surface area contributed by atoms with Gasteiger partial charge in [0.05, 0.1) is 4.90 Å². The van der Waals surface area contributed by atoms with Crippen molar-refractivity contribution in [2.45, 2.75) is 37.8 Å². The highest BCUT2D eigenvalue weighted by atomic mass is 32.2. The maximum Gasteiger partial charge on any atom is 0.251 e. The number of hydrogen-bond acceptors (Lipinski definition) is 3. The fourth-order valence-corrected chi connectivity index (χ4v) is 4.75. The first-order valence-electron chi connectivity index (χ1n) is 9.71. The van der Waals surface area contributed by atoms with Crippen molar-refractivity contribution >= 4 is 15.9 Å². The summed E-state index contributed by atoms with van der Waals surface area (Å²) in [6.45, 7) is 5.47. The molecule has 0 saturated carbocycles. The molecule has 0 aromatic heterocycles. The van der Waals surface area contributed by atoms with E-state index >= 15 is 0 Å². The number of rotatable bonds is 6. The van der Waals surface area contributed by atoms with Gasteiger partial charge in [0, 0.05) is 17.6 Å². The van der Waals surface area contributed by atoms with Gasteiger partial charge in [-0.3, -0.25) is 4.79 Å². The van der Waals surface area contributed by atoms with Crippen molar-refractivity contribution in [2.75, 3.05) is 0 Å². The van der Waals surface area contributed by atoms with Crippen molar-refractivity contribution < 1.29 is 13.2 Å². The van der Waals surface area contributed by atoms with Gasteiger partial charge in [0.25, 0.3) is 5.91 Å². The van der Waals surface area contributed by atoms with Crippen LogP contribution in [0.5, 0.6) is 0 Å². The number of hydrogen-bond donors (Lipinski definition) is 2. The van der Waals surface area contributed by atoms with E-state index in [0.717, 1.165) is 11.1 Å². The van der Waals surface area contributed by atoms with Gasteiger partial charge < -0.3 is 5.32 Å². The molecule has 0 aliphatic carbocycles. The first-order valence-corrected chi connectivity index (χ1v) is 11.2. The Morgan fingerprint density at radius 2 is 1.37 bits per heavy atom. The minimum atomic E-state index is -3.70. The van der Waals surface area contributed by atoms with Crippen molar-refractivity contribution in [1.82, 2.24) is 10.0 Å². The van der Waals surface area contributed by atoms with E-state index in [9.17, 15) is 13.2 Å². The molecular weight excluding hydrogens is 396 g/mol. The van der Waals surface area contributed by atoms with Crippen LogP contribution in [0.2, 0.25) is 0 Å². The van der Waals surface area contributed by atoms with E-state index in [1.165, 1.54) is 0 Å². The summed E-state index contributed by atoms with van der Waals surface area (Å²) in [5.41, 5.74) is 2.55. The van der Waals surface area contributed by atoms with Crippen LogP contribution < -0.4 is 10.0 Å². The van der Waals surface area contributed by atoms with Crippen molar-refractivity contribution in [3.8, 4) is 11.1 Å². The van der Waals surface area contributed by atoms with E-state index in [-0.39, 0.29) is 17.3 Å². The number of sulfonamides is 1. The Labute approximate surface area is 178 Å². The molecule has 0 aliphatic heterocycles. The maximum absolute atomic E-state index is 12.7. The molecule has 0 radical (unpaired) electrons. The Bertz CT molecular complexity index is 1120. The van der Waals surface area contributed by atoms with Gasteiger partial charge >= 0.3 is 0 Å². The second-order valence-corrected chi connectivity index (χ2v) is 9.74. The smallest absolute Gasteiger partial charge is 0.251 e. The molecule has 6 heteroatoms. The van der Waals surface area contributed by atoms with Crippen molar-refractivity contribution in [3.63, 3.8) is 0 Å². The van der Waals surface area contributed by atoms with E-state index in [1.54, 1.807) is 57.2 Å². The quantitative estimate of drug-likeness (QED) is 0.620. The number of benzene rings is 3. The van der Waals surface area contributed by atoms with Crippen molar-refractivity contribution in [3.05, 3.63) is 90.0 Å². The monoisotopic (exact) mass is 422 g/mol. The molecule has 0 atom stereocenters. The third-order valence-electron chi connectivity index (χ3n) is 4.40. The van der Waals surface area contributed by atoms with Gasteiger partial charge in [0.2, 0.25) is 10.0 Å². The van der Waals surface area contributed by atoms with Crippen molar-refractivity contribution in [2.24, 2.45) is 0 Å². The summed E-state index contributed by atoms with van der Waals surface area (Å²) in [7, 11) is -3.70. The van der Waals surface area contributed by atoms with Gasteiger partial charge in [-0.25, -0.2) is 13.1 Å². The molecule has 3 rings (SSSR count). The van der Waals surface area contributed by atoms with Crippen LogP contribution in [0.15, 0.2) is 83.8 Å². The molecule has 3 aromatic rings. The zero-order valence-electron chi connectivity index (χ0n) is 17.3. The molecule has 30 heavy (non-hydrogen) atoms. The first-order chi connectivity index (χ1) is 14.2. The van der Waals surface area contributed by atoms with Crippen molar-refractivity contribution in [1.29, 1.82) is 0 Å². The molecule has 3 aromatic carbocycles. The van der Waals surface area contributed by atoms with Crippen LogP contribution in [0.4, 0.5) is 0 Å². The number of nitrogens with one attached hydrogen (secondary N) is 2. The second kappa shape index (κ2) is 8.81. The lowest BCUT2D eigenvalue weighted by atomic mass is 10.0. The molecule has 1 amide bonds. The normalized spacial score (nSPS) is 11.8. The molecule has 5 nitrogen and oxygen atoms in total. The molecule has 0 bridgehead atoms. The lowest BCUT2D eigenvalue weighted by Crippen LogP contribution is -2.41. The summed E-state index contributed by atoms with van der Waals surface area (Å²) in [4.78, 5) is 12.7. The average molecular weight is 423 g/mol. The van der Waals surface area contributed by atoms with E-state index in [2.05, 4.69) is 10.0 Å². The molecule has 0 aliphatic rings. The van der Waals surface area contributed by atoms with Crippen LogP contribution in [0.25, 0.3) is 11.1 Å². The molecular formula is C24H26N2O3S. The summed E-state index contributed by atoms with van der Waals surface area (Å²) >= 11 is 0. The predicted octanol–water partition coefficient (Wildman–Crippen LogP) is 4.36. The van der Waals surface area contributed by atoms with E-state index < -0.39 is 15.6 Å². The third kappa shape index (κ3) is 5.55. The standard InChI is InChI=1S/C24H26N2O3S/c1-24(2,3)26-30(28,29)22-12-8-7-11-21(22)17-25-23(27)20-15-13-19(14-16-20)18-9-5-4-6-10-18/h4-16,26H,17H2,1-3H3,(H,25,27). The number of carbonyl (C=O) groups excluding carboxylic acids is 1. The minimum Gasteiger partial charge on any atom is -0.348 e. The SMILES string of the molecule is CC(C)(C)NS(=O)(=O)c1ccccc1CNC(=O)c1ccc(-c2ccccc2)cc1. The minimum absolute atomic E-state index is 0.112. The highest BCUT2D eigenvalue weighted by Crippen LogP contribution is 2.20. The van der Waals surface area contributed by atoms with Crippen LogP contribution in [0.3, 0.4) is 0 Å². The average Bonchev–Trinajstić information content (AvgIpc) is 2.71. The lowest BCUT2D eigenvalue weighted by molar-refractivity contribution is 0.0950. The van der Waals surface area contributed by atoms with Gasteiger partial charge in [-0.15, -0.1) is 0 Å². The molecule has 156 valence electrons. The van der Waals surface area contributed by atoms with Crippen LogP contribution in [-0.4, -0.2) is 19.9 Å². The van der Waals surface area contributed by atoms with Gasteiger partial charge in [-0.2, -0.15) is 0 Å². The predicted molar refractivity (Wildman–Crippen MR) is 120 cm³/mol. The van der Waals surface area contributed by atoms with Crippen LogP contribution in [0, 0.1) is 0 Å². The number of amides is 1. The molecule has 2 N–H and O–H groups in total. The molecule has 0 unspecified atom stereocenters. The van der Waals surface area contributed by atoms with Gasteiger partial charge in [0.15, 0.2) is 0 Å². The molecule has 0 heterocycles. The zero-order chi connectivity index (χ0) is 21.8. The van der Waals surface area contributed by atoms with Crippen LogP contribution in [-0.2, 0) is 16.6 Å².